The molecule has 0 aliphatic carbocycles. The van der Waals surface area contributed by atoms with Crippen LogP contribution in [0.15, 0.2) is 6.07 Å². The van der Waals surface area contributed by atoms with Crippen molar-refractivity contribution in [1.82, 2.24) is 15.1 Å². The monoisotopic (exact) mass is 299 g/mol. The molecule has 1 amide bonds. The highest BCUT2D eigenvalue weighted by atomic mass is 79.9. The van der Waals surface area contributed by atoms with E-state index in [0.717, 1.165) is 36.1 Å². The van der Waals surface area contributed by atoms with Gasteiger partial charge in [-0.25, -0.2) is 0 Å². The van der Waals surface area contributed by atoms with Crippen molar-refractivity contribution in [3.8, 4) is 0 Å². The molecule has 0 atom stereocenters. The maximum absolute atomic E-state index is 12.2. The topological polar surface area (TPSA) is 46.1 Å². The van der Waals surface area contributed by atoms with Gasteiger partial charge < -0.3 is 4.90 Å². The van der Waals surface area contributed by atoms with Gasteiger partial charge in [-0.15, -0.1) is 0 Å². The van der Waals surface area contributed by atoms with Crippen molar-refractivity contribution < 1.29 is 4.79 Å². The van der Waals surface area contributed by atoms with Crippen LogP contribution in [0.1, 0.15) is 35.1 Å². The first kappa shape index (κ1) is 14.1. The first-order valence-electron chi connectivity index (χ1n) is 5.74. The molecule has 0 spiro atoms. The van der Waals surface area contributed by atoms with Gasteiger partial charge in [-0.2, -0.15) is 10.2 Å². The van der Waals surface area contributed by atoms with Gasteiger partial charge in [-0.1, -0.05) is 22.9 Å². The number of amides is 1. The summed E-state index contributed by atoms with van der Waals surface area (Å²) in [6.45, 7) is 4.57. The Kier molecular flexibility index (Phi) is 5.55. The lowest BCUT2D eigenvalue weighted by molar-refractivity contribution is 0.0793. The summed E-state index contributed by atoms with van der Waals surface area (Å²) in [6.07, 6.45) is 1.67. The number of aryl methyl sites for hydroxylation is 2. The molecule has 1 heterocycles. The zero-order valence-electron chi connectivity index (χ0n) is 10.5. The molecule has 94 valence electrons. The Morgan fingerprint density at radius 1 is 1.47 bits per heavy atom. The van der Waals surface area contributed by atoms with E-state index in [1.165, 1.54) is 0 Å². The molecule has 0 bridgehead atoms. The average Bonchev–Trinajstić information content (AvgIpc) is 2.34. The molecule has 0 radical (unpaired) electrons. The summed E-state index contributed by atoms with van der Waals surface area (Å²) >= 11 is 3.36. The Morgan fingerprint density at radius 2 is 2.18 bits per heavy atom. The first-order chi connectivity index (χ1) is 8.10. The fourth-order valence-corrected chi connectivity index (χ4v) is 1.82. The van der Waals surface area contributed by atoms with Gasteiger partial charge in [0.05, 0.1) is 17.0 Å². The predicted octanol–water partition coefficient (Wildman–Crippen LogP) is 2.20. The van der Waals surface area contributed by atoms with Gasteiger partial charge in [-0.3, -0.25) is 4.79 Å². The third kappa shape index (κ3) is 3.77. The SMILES string of the molecule is CCc1nnc(C)cc1C(=O)N(C)CCCBr. The van der Waals surface area contributed by atoms with Gasteiger partial charge in [0.1, 0.15) is 0 Å². The third-order valence-electron chi connectivity index (χ3n) is 2.53. The molecule has 0 fully saturated rings. The van der Waals surface area contributed by atoms with Crippen molar-refractivity contribution in [1.29, 1.82) is 0 Å². The highest BCUT2D eigenvalue weighted by molar-refractivity contribution is 9.09. The summed E-state index contributed by atoms with van der Waals surface area (Å²) in [5.74, 6) is 0.0285. The number of hydrogen-bond donors (Lipinski definition) is 0. The van der Waals surface area contributed by atoms with Gasteiger partial charge in [0.25, 0.3) is 5.91 Å². The zero-order chi connectivity index (χ0) is 12.8. The largest absolute Gasteiger partial charge is 0.342 e. The second kappa shape index (κ2) is 6.69. The van der Waals surface area contributed by atoms with Crippen LogP contribution in [-0.4, -0.2) is 39.9 Å². The number of aromatic nitrogens is 2. The fourth-order valence-electron chi connectivity index (χ4n) is 1.56. The van der Waals surface area contributed by atoms with Crippen LogP contribution in [-0.2, 0) is 6.42 Å². The molecule has 0 N–H and O–H groups in total. The van der Waals surface area contributed by atoms with Crippen molar-refractivity contribution in [2.75, 3.05) is 18.9 Å². The number of rotatable bonds is 5. The van der Waals surface area contributed by atoms with E-state index in [1.54, 1.807) is 4.90 Å². The highest BCUT2D eigenvalue weighted by Crippen LogP contribution is 2.10. The van der Waals surface area contributed by atoms with E-state index in [1.807, 2.05) is 27.0 Å². The highest BCUT2D eigenvalue weighted by Gasteiger charge is 2.16. The molecule has 1 aromatic heterocycles. The molecule has 17 heavy (non-hydrogen) atoms. The van der Waals surface area contributed by atoms with Crippen LogP contribution < -0.4 is 0 Å². The molecule has 1 rings (SSSR count). The standard InChI is InChI=1S/C12H18BrN3O/c1-4-11-10(8-9(2)14-15-11)12(17)16(3)7-5-6-13/h8H,4-7H2,1-3H3. The molecule has 0 aliphatic rings. The van der Waals surface area contributed by atoms with Crippen LogP contribution >= 0.6 is 15.9 Å². The molecule has 4 nitrogen and oxygen atoms in total. The molecule has 5 heteroatoms. The minimum absolute atomic E-state index is 0.0285. The lowest BCUT2D eigenvalue weighted by atomic mass is 10.1. The van der Waals surface area contributed by atoms with Crippen molar-refractivity contribution >= 4 is 21.8 Å². The van der Waals surface area contributed by atoms with E-state index in [9.17, 15) is 4.79 Å². The van der Waals surface area contributed by atoms with E-state index < -0.39 is 0 Å². The second-order valence-electron chi connectivity index (χ2n) is 3.97. The van der Waals surface area contributed by atoms with Crippen LogP contribution in [0.3, 0.4) is 0 Å². The second-order valence-corrected chi connectivity index (χ2v) is 4.76. The molecular weight excluding hydrogens is 282 g/mol. The molecule has 0 saturated heterocycles. The Labute approximate surface area is 111 Å². The average molecular weight is 300 g/mol. The molecule has 0 saturated carbocycles. The Morgan fingerprint density at radius 3 is 2.76 bits per heavy atom. The Bertz CT molecular complexity index is 395. The lowest BCUT2D eigenvalue weighted by Gasteiger charge is -2.17. The van der Waals surface area contributed by atoms with Crippen molar-refractivity contribution in [3.63, 3.8) is 0 Å². The summed E-state index contributed by atoms with van der Waals surface area (Å²) in [5, 5.41) is 8.96. The van der Waals surface area contributed by atoms with E-state index in [4.69, 9.17) is 0 Å². The smallest absolute Gasteiger partial charge is 0.255 e. The normalized spacial score (nSPS) is 10.4. The molecule has 1 aromatic rings. The summed E-state index contributed by atoms with van der Waals surface area (Å²) < 4.78 is 0. The fraction of sp³-hybridized carbons (Fsp3) is 0.583. The summed E-state index contributed by atoms with van der Waals surface area (Å²) in [7, 11) is 1.82. The zero-order valence-corrected chi connectivity index (χ0v) is 12.1. The molecular formula is C12H18BrN3O. The lowest BCUT2D eigenvalue weighted by Crippen LogP contribution is -2.29. The number of carbonyl (C=O) groups excluding carboxylic acids is 1. The van der Waals surface area contributed by atoms with E-state index in [2.05, 4.69) is 26.1 Å². The maximum atomic E-state index is 12.2. The van der Waals surface area contributed by atoms with Crippen molar-refractivity contribution in [2.45, 2.75) is 26.7 Å². The van der Waals surface area contributed by atoms with Gasteiger partial charge in [0.2, 0.25) is 0 Å². The number of nitrogens with zero attached hydrogens (tertiary/aromatic N) is 3. The summed E-state index contributed by atoms with van der Waals surface area (Å²) in [5.41, 5.74) is 2.22. The quantitative estimate of drug-likeness (QED) is 0.783. The van der Waals surface area contributed by atoms with Gasteiger partial charge >= 0.3 is 0 Å². The first-order valence-corrected chi connectivity index (χ1v) is 6.87. The van der Waals surface area contributed by atoms with Crippen molar-refractivity contribution in [3.05, 3.63) is 23.0 Å². The van der Waals surface area contributed by atoms with Crippen LogP contribution in [0.5, 0.6) is 0 Å². The number of halogens is 1. The summed E-state index contributed by atoms with van der Waals surface area (Å²) in [6, 6.07) is 1.82. The van der Waals surface area contributed by atoms with E-state index in [-0.39, 0.29) is 5.91 Å². The number of alkyl halides is 1. The van der Waals surface area contributed by atoms with E-state index in [0.29, 0.717) is 5.56 Å². The van der Waals surface area contributed by atoms with Crippen LogP contribution in [0.4, 0.5) is 0 Å². The van der Waals surface area contributed by atoms with Crippen LogP contribution in [0.2, 0.25) is 0 Å². The van der Waals surface area contributed by atoms with Gasteiger partial charge in [0, 0.05) is 18.9 Å². The minimum Gasteiger partial charge on any atom is -0.342 e. The maximum Gasteiger partial charge on any atom is 0.255 e. The molecule has 0 unspecified atom stereocenters. The van der Waals surface area contributed by atoms with Crippen LogP contribution in [0.25, 0.3) is 0 Å². The van der Waals surface area contributed by atoms with Gasteiger partial charge in [0.15, 0.2) is 0 Å². The van der Waals surface area contributed by atoms with Crippen molar-refractivity contribution in [2.24, 2.45) is 0 Å². The predicted molar refractivity (Wildman–Crippen MR) is 71.5 cm³/mol. The number of hydrogen-bond acceptors (Lipinski definition) is 3. The van der Waals surface area contributed by atoms with Crippen LogP contribution in [0, 0.1) is 6.92 Å². The van der Waals surface area contributed by atoms with E-state index >= 15 is 0 Å². The minimum atomic E-state index is 0.0285. The Hall–Kier alpha value is -0.970. The third-order valence-corrected chi connectivity index (χ3v) is 3.09. The Balaban J connectivity index is 2.90. The van der Waals surface area contributed by atoms with Gasteiger partial charge in [-0.05, 0) is 25.8 Å². The summed E-state index contributed by atoms with van der Waals surface area (Å²) in [4.78, 5) is 14.0. The number of carbonyl (C=O) groups is 1. The molecule has 0 aliphatic heterocycles. The molecule has 0 aromatic carbocycles.